The lowest BCUT2D eigenvalue weighted by Gasteiger charge is -2.09. The molecule has 20 heavy (non-hydrogen) atoms. The van der Waals surface area contributed by atoms with Gasteiger partial charge in [-0.15, -0.1) is 0 Å². The Morgan fingerprint density at radius 1 is 1.25 bits per heavy atom. The maximum atomic E-state index is 5.86. The predicted octanol–water partition coefficient (Wildman–Crippen LogP) is 3.34. The van der Waals surface area contributed by atoms with Crippen molar-refractivity contribution >= 4 is 22.6 Å². The molecule has 0 fully saturated rings. The van der Waals surface area contributed by atoms with E-state index < -0.39 is 0 Å². The summed E-state index contributed by atoms with van der Waals surface area (Å²) < 4.78 is 7.44. The van der Waals surface area contributed by atoms with Gasteiger partial charge < -0.3 is 9.30 Å². The number of rotatable bonds is 4. The number of nitrogens with zero attached hydrogens (tertiary/aromatic N) is 3. The van der Waals surface area contributed by atoms with Crippen LogP contribution in [-0.2, 0) is 13.0 Å². The molecule has 0 spiro atoms. The normalized spacial score (nSPS) is 10.9. The second-order valence-corrected chi connectivity index (χ2v) is 4.83. The topological polar surface area (TPSA) is 39.9 Å². The molecule has 0 amide bonds. The fourth-order valence-electron chi connectivity index (χ4n) is 2.28. The Morgan fingerprint density at radius 2 is 2.10 bits per heavy atom. The first kappa shape index (κ1) is 12.9. The molecule has 0 N–H and O–H groups in total. The van der Waals surface area contributed by atoms with E-state index in [0.29, 0.717) is 0 Å². The average molecular weight is 288 g/mol. The van der Waals surface area contributed by atoms with Crippen LogP contribution in [0.15, 0.2) is 42.7 Å². The van der Waals surface area contributed by atoms with Crippen LogP contribution in [0.5, 0.6) is 5.75 Å². The number of hydrogen-bond donors (Lipinski definition) is 0. The average Bonchev–Trinajstić information content (AvgIpc) is 2.87. The number of fused-ring (bicyclic) bond motifs is 1. The first-order valence-corrected chi connectivity index (χ1v) is 6.75. The first-order chi connectivity index (χ1) is 9.78. The largest absolute Gasteiger partial charge is 0.496 e. The molecule has 3 rings (SSSR count). The third-order valence-electron chi connectivity index (χ3n) is 3.29. The van der Waals surface area contributed by atoms with Gasteiger partial charge >= 0.3 is 0 Å². The Kier molecular flexibility index (Phi) is 3.56. The van der Waals surface area contributed by atoms with Gasteiger partial charge in [0.1, 0.15) is 11.4 Å². The Morgan fingerprint density at radius 3 is 2.95 bits per heavy atom. The minimum Gasteiger partial charge on any atom is -0.496 e. The molecule has 0 saturated heterocycles. The summed E-state index contributed by atoms with van der Waals surface area (Å²) >= 11 is 5.86. The van der Waals surface area contributed by atoms with Crippen molar-refractivity contribution in [2.24, 2.45) is 0 Å². The minimum atomic E-state index is 0.273. The van der Waals surface area contributed by atoms with E-state index in [2.05, 4.69) is 20.6 Å². The molecule has 102 valence electrons. The third kappa shape index (κ3) is 2.47. The number of benzene rings is 1. The van der Waals surface area contributed by atoms with Crippen LogP contribution in [0.2, 0.25) is 5.28 Å². The second-order valence-electron chi connectivity index (χ2n) is 4.49. The molecule has 1 aromatic carbocycles. The smallest absolute Gasteiger partial charge is 0.224 e. The summed E-state index contributed by atoms with van der Waals surface area (Å²) in [5.41, 5.74) is 2.04. The zero-order valence-corrected chi connectivity index (χ0v) is 11.8. The molecule has 2 heterocycles. The number of hydrogen-bond acceptors (Lipinski definition) is 3. The lowest BCUT2D eigenvalue weighted by molar-refractivity contribution is 0.408. The van der Waals surface area contributed by atoms with Gasteiger partial charge in [-0.25, -0.2) is 4.98 Å². The highest BCUT2D eigenvalue weighted by Crippen LogP contribution is 2.20. The van der Waals surface area contributed by atoms with Gasteiger partial charge in [0.05, 0.1) is 7.11 Å². The minimum absolute atomic E-state index is 0.273. The second kappa shape index (κ2) is 5.51. The molecule has 0 aliphatic carbocycles. The van der Waals surface area contributed by atoms with Crippen LogP contribution >= 0.6 is 11.6 Å². The van der Waals surface area contributed by atoms with Crippen LogP contribution < -0.4 is 4.74 Å². The van der Waals surface area contributed by atoms with Gasteiger partial charge in [-0.05, 0) is 35.7 Å². The summed E-state index contributed by atoms with van der Waals surface area (Å²) in [6, 6.07) is 10.0. The molecular weight excluding hydrogens is 274 g/mol. The molecule has 3 aromatic rings. The highest BCUT2D eigenvalue weighted by atomic mass is 35.5. The van der Waals surface area contributed by atoms with Crippen LogP contribution in [0, 0.1) is 0 Å². The van der Waals surface area contributed by atoms with Crippen molar-refractivity contribution in [1.82, 2.24) is 14.5 Å². The van der Waals surface area contributed by atoms with Gasteiger partial charge in [-0.1, -0.05) is 18.2 Å². The zero-order chi connectivity index (χ0) is 13.9. The summed E-state index contributed by atoms with van der Waals surface area (Å²) in [4.78, 5) is 8.26. The Hall–Kier alpha value is -2.07. The van der Waals surface area contributed by atoms with E-state index in [1.165, 1.54) is 5.56 Å². The molecule has 0 aliphatic rings. The molecule has 0 unspecified atom stereocenters. The van der Waals surface area contributed by atoms with Crippen LogP contribution in [0.1, 0.15) is 5.56 Å². The van der Waals surface area contributed by atoms with E-state index in [0.717, 1.165) is 29.7 Å². The quantitative estimate of drug-likeness (QED) is 0.691. The van der Waals surface area contributed by atoms with Gasteiger partial charge in [-0.2, -0.15) is 4.98 Å². The number of aromatic nitrogens is 3. The van der Waals surface area contributed by atoms with Crippen molar-refractivity contribution in [3.63, 3.8) is 0 Å². The van der Waals surface area contributed by atoms with Gasteiger partial charge in [0.15, 0.2) is 0 Å². The number of halogens is 1. The van der Waals surface area contributed by atoms with Crippen molar-refractivity contribution in [3.05, 3.63) is 53.6 Å². The highest BCUT2D eigenvalue weighted by molar-refractivity contribution is 6.28. The molecular formula is C15H14ClN3O. The van der Waals surface area contributed by atoms with Crippen LogP contribution in [-0.4, -0.2) is 21.6 Å². The van der Waals surface area contributed by atoms with E-state index in [4.69, 9.17) is 16.3 Å². The lowest BCUT2D eigenvalue weighted by Crippen LogP contribution is -2.02. The van der Waals surface area contributed by atoms with E-state index in [9.17, 15) is 0 Å². The van der Waals surface area contributed by atoms with Crippen LogP contribution in [0.4, 0.5) is 0 Å². The number of aryl methyl sites for hydroxylation is 2. The van der Waals surface area contributed by atoms with Crippen LogP contribution in [0.3, 0.4) is 0 Å². The summed E-state index contributed by atoms with van der Waals surface area (Å²) in [5, 5.41) is 1.27. The Bertz CT molecular complexity index is 739. The molecule has 0 aliphatic heterocycles. The van der Waals surface area contributed by atoms with Crippen molar-refractivity contribution < 1.29 is 4.74 Å². The first-order valence-electron chi connectivity index (χ1n) is 6.37. The number of methoxy groups -OCH3 is 1. The Labute approximate surface area is 122 Å². The van der Waals surface area contributed by atoms with E-state index >= 15 is 0 Å². The fourth-order valence-corrected chi connectivity index (χ4v) is 2.41. The molecule has 0 atom stereocenters. The lowest BCUT2D eigenvalue weighted by atomic mass is 10.1. The highest BCUT2D eigenvalue weighted by Gasteiger charge is 2.06. The molecule has 2 aromatic heterocycles. The summed E-state index contributed by atoms with van der Waals surface area (Å²) in [7, 11) is 1.69. The van der Waals surface area contributed by atoms with E-state index in [-0.39, 0.29) is 5.28 Å². The summed E-state index contributed by atoms with van der Waals surface area (Å²) in [6.45, 7) is 0.817. The molecule has 0 saturated carbocycles. The van der Waals surface area contributed by atoms with Gasteiger partial charge in [-0.3, -0.25) is 0 Å². The van der Waals surface area contributed by atoms with Crippen molar-refractivity contribution in [1.29, 1.82) is 0 Å². The maximum Gasteiger partial charge on any atom is 0.224 e. The fraction of sp³-hybridized carbons (Fsp3) is 0.200. The summed E-state index contributed by atoms with van der Waals surface area (Å²) in [6.07, 6.45) is 4.62. The van der Waals surface area contributed by atoms with Crippen LogP contribution in [0.25, 0.3) is 11.0 Å². The Balaban J connectivity index is 1.85. The van der Waals surface area contributed by atoms with E-state index in [1.54, 1.807) is 13.3 Å². The monoisotopic (exact) mass is 287 g/mol. The number of para-hydroxylation sites is 1. The van der Waals surface area contributed by atoms with Gasteiger partial charge in [0.2, 0.25) is 5.28 Å². The molecule has 0 radical (unpaired) electrons. The van der Waals surface area contributed by atoms with Crippen molar-refractivity contribution in [2.45, 2.75) is 13.0 Å². The third-order valence-corrected chi connectivity index (χ3v) is 3.47. The molecule has 0 bridgehead atoms. The number of ether oxygens (including phenoxy) is 1. The summed E-state index contributed by atoms with van der Waals surface area (Å²) in [5.74, 6) is 0.914. The molecule has 4 nitrogen and oxygen atoms in total. The standard InChI is InChI=1S/C15H14ClN3O/c1-20-13-5-3-2-4-11(13)6-8-19-9-7-12-10-17-15(16)18-14(12)19/h2-5,7,9-10H,6,8H2,1H3. The van der Waals surface area contributed by atoms with Gasteiger partial charge in [0.25, 0.3) is 0 Å². The van der Waals surface area contributed by atoms with Crippen molar-refractivity contribution in [2.75, 3.05) is 7.11 Å². The van der Waals surface area contributed by atoms with Gasteiger partial charge in [0, 0.05) is 24.3 Å². The predicted molar refractivity (Wildman–Crippen MR) is 79.2 cm³/mol. The zero-order valence-electron chi connectivity index (χ0n) is 11.1. The van der Waals surface area contributed by atoms with E-state index in [1.807, 2.05) is 30.5 Å². The van der Waals surface area contributed by atoms with Crippen molar-refractivity contribution in [3.8, 4) is 5.75 Å². The SMILES string of the molecule is COc1ccccc1CCn1ccc2cnc(Cl)nc21. The maximum absolute atomic E-state index is 5.86. The molecule has 5 heteroatoms.